The van der Waals surface area contributed by atoms with Gasteiger partial charge >= 0.3 is 0 Å². The van der Waals surface area contributed by atoms with Gasteiger partial charge in [0.15, 0.2) is 0 Å². The van der Waals surface area contributed by atoms with Crippen LogP contribution in [-0.2, 0) is 13.0 Å². The number of aryl methyl sites for hydroxylation is 1. The summed E-state index contributed by atoms with van der Waals surface area (Å²) in [5, 5.41) is 3.81. The highest BCUT2D eigenvalue weighted by molar-refractivity contribution is 6.08. The maximum atomic E-state index is 14.5. The van der Waals surface area contributed by atoms with E-state index < -0.39 is 11.3 Å². The molecule has 1 amide bonds. The molecule has 0 aliphatic carbocycles. The first-order chi connectivity index (χ1) is 12.5. The van der Waals surface area contributed by atoms with Crippen molar-refractivity contribution in [3.05, 3.63) is 35.5 Å². The maximum absolute atomic E-state index is 14.5. The van der Waals surface area contributed by atoms with E-state index in [4.69, 9.17) is 0 Å². The number of nitrogens with one attached hydrogen (secondary N) is 1. The molecule has 1 unspecified atom stereocenters. The Kier molecular flexibility index (Phi) is 4.47. The molecule has 0 saturated carbocycles. The Morgan fingerprint density at radius 3 is 2.70 bits per heavy atom. The van der Waals surface area contributed by atoms with Crippen molar-refractivity contribution < 1.29 is 13.6 Å². The van der Waals surface area contributed by atoms with Crippen molar-refractivity contribution in [2.45, 2.75) is 38.2 Å². The van der Waals surface area contributed by atoms with E-state index in [0.717, 1.165) is 41.5 Å². The van der Waals surface area contributed by atoms with Gasteiger partial charge in [-0.15, -0.1) is 12.4 Å². The number of benzene rings is 1. The zero-order valence-electron chi connectivity index (χ0n) is 15.1. The number of carbonyl (C=O) groups is 1. The van der Waals surface area contributed by atoms with Gasteiger partial charge in [0, 0.05) is 42.8 Å². The summed E-state index contributed by atoms with van der Waals surface area (Å²) in [7, 11) is 0. The minimum atomic E-state index is -2.75. The van der Waals surface area contributed by atoms with Gasteiger partial charge in [0.25, 0.3) is 11.8 Å². The third kappa shape index (κ3) is 2.60. The summed E-state index contributed by atoms with van der Waals surface area (Å²) in [6.07, 6.45) is 3.03. The lowest BCUT2D eigenvalue weighted by Crippen LogP contribution is -2.54. The molecule has 1 aromatic heterocycles. The van der Waals surface area contributed by atoms with Crippen LogP contribution < -0.4 is 5.32 Å². The summed E-state index contributed by atoms with van der Waals surface area (Å²) in [4.78, 5) is 15.1. The lowest BCUT2D eigenvalue weighted by molar-refractivity contribution is -0.108. The van der Waals surface area contributed by atoms with Gasteiger partial charge in [-0.2, -0.15) is 0 Å². The number of piperidine rings is 1. The second-order valence-electron chi connectivity index (χ2n) is 8.01. The Bertz CT molecular complexity index is 897. The average molecular weight is 396 g/mol. The summed E-state index contributed by atoms with van der Waals surface area (Å²) in [5.41, 5.74) is 1.79. The van der Waals surface area contributed by atoms with Crippen LogP contribution >= 0.6 is 12.4 Å². The van der Waals surface area contributed by atoms with Crippen molar-refractivity contribution in [1.29, 1.82) is 0 Å². The van der Waals surface area contributed by atoms with E-state index in [2.05, 4.69) is 9.88 Å². The van der Waals surface area contributed by atoms with Crippen LogP contribution in [0.25, 0.3) is 10.9 Å². The molecule has 3 aliphatic heterocycles. The van der Waals surface area contributed by atoms with Crippen LogP contribution in [-0.4, -0.2) is 47.5 Å². The van der Waals surface area contributed by atoms with Crippen molar-refractivity contribution in [3.63, 3.8) is 0 Å². The van der Waals surface area contributed by atoms with Crippen LogP contribution in [0.4, 0.5) is 8.78 Å². The van der Waals surface area contributed by atoms with Crippen molar-refractivity contribution in [3.8, 4) is 0 Å². The Balaban J connectivity index is 0.00000180. The fourth-order valence-corrected chi connectivity index (χ4v) is 5.20. The van der Waals surface area contributed by atoms with Gasteiger partial charge in [-0.1, -0.05) is 18.2 Å². The minimum absolute atomic E-state index is 0. The molecule has 7 heteroatoms. The highest BCUT2D eigenvalue weighted by Gasteiger charge is 2.59. The topological polar surface area (TPSA) is 37.3 Å². The van der Waals surface area contributed by atoms with E-state index in [0.29, 0.717) is 25.9 Å². The molecule has 0 radical (unpaired) electrons. The molecule has 1 spiro atoms. The van der Waals surface area contributed by atoms with Gasteiger partial charge in [-0.05, 0) is 31.7 Å². The number of alkyl halides is 2. The third-order valence-electron chi connectivity index (χ3n) is 6.54. The number of nitrogens with zero attached hydrogens (tertiary/aromatic N) is 2. The van der Waals surface area contributed by atoms with E-state index in [1.807, 2.05) is 24.3 Å². The predicted octanol–water partition coefficient (Wildman–Crippen LogP) is 3.47. The van der Waals surface area contributed by atoms with Crippen molar-refractivity contribution >= 4 is 29.2 Å². The normalized spacial score (nSPS) is 26.4. The first kappa shape index (κ1) is 18.7. The number of likely N-dealkylation sites (tertiary alicyclic amines) is 1. The number of hydrogen-bond acceptors (Lipinski definition) is 2. The number of hydrogen-bond donors (Lipinski definition) is 1. The molecule has 0 bridgehead atoms. The quantitative estimate of drug-likeness (QED) is 0.802. The highest BCUT2D eigenvalue weighted by atomic mass is 35.5. The summed E-state index contributed by atoms with van der Waals surface area (Å²) in [6, 6.07) is 7.97. The van der Waals surface area contributed by atoms with Gasteiger partial charge in [0.1, 0.15) is 0 Å². The SMILES string of the molecule is Cl.O=C(c1c2n(c3ccccc13)CCC2)N1CCCC2(CNCC2(F)F)C1. The van der Waals surface area contributed by atoms with Gasteiger partial charge in [-0.25, -0.2) is 8.78 Å². The van der Waals surface area contributed by atoms with Crippen molar-refractivity contribution in [2.24, 2.45) is 5.41 Å². The number of halogens is 3. The van der Waals surface area contributed by atoms with E-state index >= 15 is 0 Å². The van der Waals surface area contributed by atoms with Gasteiger partial charge in [0.05, 0.1) is 17.5 Å². The Morgan fingerprint density at radius 1 is 1.11 bits per heavy atom. The molecule has 2 saturated heterocycles. The van der Waals surface area contributed by atoms with Gasteiger partial charge in [0.2, 0.25) is 0 Å². The molecule has 1 aromatic carbocycles. The number of para-hydroxylation sites is 1. The van der Waals surface area contributed by atoms with Gasteiger partial charge in [-0.3, -0.25) is 4.79 Å². The fraction of sp³-hybridized carbons (Fsp3) is 0.550. The van der Waals surface area contributed by atoms with Crippen LogP contribution in [0.15, 0.2) is 24.3 Å². The second-order valence-corrected chi connectivity index (χ2v) is 8.01. The summed E-state index contributed by atoms with van der Waals surface area (Å²) in [5.74, 6) is -2.82. The van der Waals surface area contributed by atoms with Crippen LogP contribution in [0.5, 0.6) is 0 Å². The van der Waals surface area contributed by atoms with Crippen LogP contribution in [0.3, 0.4) is 0 Å². The summed E-state index contributed by atoms with van der Waals surface area (Å²) in [6.45, 7) is 1.65. The number of amides is 1. The van der Waals surface area contributed by atoms with E-state index in [-0.39, 0.29) is 31.4 Å². The lowest BCUT2D eigenvalue weighted by atomic mass is 9.76. The maximum Gasteiger partial charge on any atom is 0.268 e. The molecule has 146 valence electrons. The molecule has 2 aromatic rings. The van der Waals surface area contributed by atoms with Crippen LogP contribution in [0.1, 0.15) is 35.3 Å². The predicted molar refractivity (Wildman–Crippen MR) is 103 cm³/mol. The molecule has 5 rings (SSSR count). The summed E-state index contributed by atoms with van der Waals surface area (Å²) >= 11 is 0. The zero-order chi connectivity index (χ0) is 17.9. The second kappa shape index (κ2) is 6.45. The van der Waals surface area contributed by atoms with Crippen molar-refractivity contribution in [2.75, 3.05) is 26.2 Å². The molecule has 4 heterocycles. The first-order valence-electron chi connectivity index (χ1n) is 9.50. The molecule has 3 aliphatic rings. The van der Waals surface area contributed by atoms with Crippen LogP contribution in [0, 0.1) is 5.41 Å². The van der Waals surface area contributed by atoms with E-state index in [1.165, 1.54) is 0 Å². The molecule has 1 N–H and O–H groups in total. The molecule has 1 atom stereocenters. The van der Waals surface area contributed by atoms with Crippen LogP contribution in [0.2, 0.25) is 0 Å². The number of carbonyl (C=O) groups excluding carboxylic acids is 1. The molecular weight excluding hydrogens is 372 g/mol. The largest absolute Gasteiger partial charge is 0.344 e. The first-order valence-corrected chi connectivity index (χ1v) is 9.50. The monoisotopic (exact) mass is 395 g/mol. The van der Waals surface area contributed by atoms with E-state index in [1.54, 1.807) is 4.90 Å². The highest BCUT2D eigenvalue weighted by Crippen LogP contribution is 2.46. The number of fused-ring (bicyclic) bond motifs is 3. The van der Waals surface area contributed by atoms with Crippen molar-refractivity contribution in [1.82, 2.24) is 14.8 Å². The van der Waals surface area contributed by atoms with Gasteiger partial charge < -0.3 is 14.8 Å². The Labute approximate surface area is 163 Å². The molecular formula is C20H24ClF2N3O. The number of aromatic nitrogens is 1. The average Bonchev–Trinajstić information content (AvgIpc) is 3.28. The lowest BCUT2D eigenvalue weighted by Gasteiger charge is -2.43. The fourth-order valence-electron chi connectivity index (χ4n) is 5.20. The smallest absolute Gasteiger partial charge is 0.268 e. The molecule has 27 heavy (non-hydrogen) atoms. The molecule has 4 nitrogen and oxygen atoms in total. The zero-order valence-corrected chi connectivity index (χ0v) is 16.0. The number of rotatable bonds is 1. The standard InChI is InChI=1S/C20H23F2N3O.ClH/c21-20(22)12-23-11-19(20)8-4-9-24(13-19)18(26)17-14-5-1-2-6-15(14)25-10-3-7-16(17)25;/h1-2,5-6,23H,3-4,7-13H2;1H. The Hall–Kier alpha value is -1.66. The van der Waals surface area contributed by atoms with E-state index in [9.17, 15) is 13.6 Å². The molecule has 2 fully saturated rings. The minimum Gasteiger partial charge on any atom is -0.344 e. The summed E-state index contributed by atoms with van der Waals surface area (Å²) < 4.78 is 31.3. The Morgan fingerprint density at radius 2 is 1.93 bits per heavy atom. The third-order valence-corrected chi connectivity index (χ3v) is 6.54.